The van der Waals surface area contributed by atoms with Crippen LogP contribution < -0.4 is 20.1 Å². The summed E-state index contributed by atoms with van der Waals surface area (Å²) in [6, 6.07) is 6.03. The molecule has 3 atom stereocenters. The highest BCUT2D eigenvalue weighted by Crippen LogP contribution is 2.48. The number of hydrogen-bond acceptors (Lipinski definition) is 3. The lowest BCUT2D eigenvalue weighted by molar-refractivity contribution is 0.189. The van der Waals surface area contributed by atoms with Crippen molar-refractivity contribution < 1.29 is 14.3 Å². The minimum atomic E-state index is -0.0903. The molecule has 3 fully saturated rings. The molecule has 2 saturated carbocycles. The van der Waals surface area contributed by atoms with Crippen molar-refractivity contribution in [2.75, 3.05) is 26.8 Å². The Bertz CT molecular complexity index is 609. The molecule has 2 aliphatic carbocycles. The Hall–Kier alpha value is -1.91. The molecule has 2 bridgehead atoms. The number of amides is 2. The summed E-state index contributed by atoms with van der Waals surface area (Å²) >= 11 is 0. The van der Waals surface area contributed by atoms with Crippen LogP contribution in [-0.2, 0) is 0 Å². The third-order valence-corrected chi connectivity index (χ3v) is 6.01. The van der Waals surface area contributed by atoms with Gasteiger partial charge in [0.25, 0.3) is 0 Å². The summed E-state index contributed by atoms with van der Waals surface area (Å²) in [6.07, 6.45) is 5.52. The Labute approximate surface area is 143 Å². The van der Waals surface area contributed by atoms with Gasteiger partial charge in [-0.25, -0.2) is 4.79 Å². The number of methoxy groups -OCH3 is 1. The number of carbonyl (C=O) groups excluding carboxylic acids is 1. The van der Waals surface area contributed by atoms with E-state index in [1.54, 1.807) is 7.11 Å². The maximum atomic E-state index is 11.3. The SMILES string of the molecule is COc1ccc(C2CNC(=O)NC2)cc1OCC1CC2CCC1C2. The molecule has 1 aromatic rings. The molecule has 4 rings (SSSR count). The molecule has 24 heavy (non-hydrogen) atoms. The number of nitrogens with one attached hydrogen (secondary N) is 2. The molecule has 5 heteroatoms. The minimum absolute atomic E-state index is 0.0903. The molecule has 0 spiro atoms. The van der Waals surface area contributed by atoms with Gasteiger partial charge in [0, 0.05) is 19.0 Å². The summed E-state index contributed by atoms with van der Waals surface area (Å²) in [6.45, 7) is 2.11. The molecule has 130 valence electrons. The van der Waals surface area contributed by atoms with Gasteiger partial charge in [0.2, 0.25) is 0 Å². The van der Waals surface area contributed by atoms with E-state index in [2.05, 4.69) is 22.8 Å². The minimum Gasteiger partial charge on any atom is -0.493 e. The zero-order chi connectivity index (χ0) is 16.5. The summed E-state index contributed by atoms with van der Waals surface area (Å²) in [7, 11) is 1.68. The zero-order valence-corrected chi connectivity index (χ0v) is 14.2. The number of hydrogen-bond donors (Lipinski definition) is 2. The number of rotatable bonds is 5. The van der Waals surface area contributed by atoms with E-state index in [4.69, 9.17) is 9.47 Å². The third-order valence-electron chi connectivity index (χ3n) is 6.01. The molecule has 5 nitrogen and oxygen atoms in total. The fourth-order valence-electron chi connectivity index (χ4n) is 4.64. The predicted molar refractivity (Wildman–Crippen MR) is 91.6 cm³/mol. The van der Waals surface area contributed by atoms with E-state index < -0.39 is 0 Å². The molecule has 3 unspecified atom stereocenters. The number of urea groups is 1. The lowest BCUT2D eigenvalue weighted by Gasteiger charge is -2.25. The second-order valence-electron chi connectivity index (χ2n) is 7.44. The van der Waals surface area contributed by atoms with Gasteiger partial charge < -0.3 is 20.1 Å². The Kier molecular flexibility index (Phi) is 4.25. The highest BCUT2D eigenvalue weighted by molar-refractivity contribution is 5.75. The summed E-state index contributed by atoms with van der Waals surface area (Å²) < 4.78 is 11.7. The van der Waals surface area contributed by atoms with Crippen molar-refractivity contribution >= 4 is 6.03 Å². The van der Waals surface area contributed by atoms with E-state index in [-0.39, 0.29) is 11.9 Å². The van der Waals surface area contributed by atoms with Gasteiger partial charge in [0.15, 0.2) is 11.5 Å². The number of ether oxygens (including phenoxy) is 2. The standard InChI is InChI=1S/C19H26N2O3/c1-23-17-5-4-14(16-9-20-19(22)21-10-16)8-18(17)24-11-15-7-12-2-3-13(15)6-12/h4-5,8,12-13,15-16H,2-3,6-7,9-11H2,1H3,(H2,20,21,22). The summed E-state index contributed by atoms with van der Waals surface area (Å²) in [5.41, 5.74) is 1.17. The van der Waals surface area contributed by atoms with Crippen molar-refractivity contribution in [1.29, 1.82) is 0 Å². The number of carbonyl (C=O) groups is 1. The Morgan fingerprint density at radius 2 is 1.96 bits per heavy atom. The topological polar surface area (TPSA) is 59.6 Å². The zero-order valence-electron chi connectivity index (χ0n) is 14.2. The Balaban J connectivity index is 1.44. The first-order chi connectivity index (χ1) is 11.7. The molecule has 0 aromatic heterocycles. The van der Waals surface area contributed by atoms with Crippen LogP contribution in [0.15, 0.2) is 18.2 Å². The van der Waals surface area contributed by atoms with Crippen LogP contribution in [0.2, 0.25) is 0 Å². The van der Waals surface area contributed by atoms with Gasteiger partial charge in [-0.1, -0.05) is 12.5 Å². The monoisotopic (exact) mass is 330 g/mol. The van der Waals surface area contributed by atoms with Crippen molar-refractivity contribution in [1.82, 2.24) is 10.6 Å². The van der Waals surface area contributed by atoms with Crippen LogP contribution in [0.1, 0.15) is 37.2 Å². The van der Waals surface area contributed by atoms with Crippen molar-refractivity contribution in [3.05, 3.63) is 23.8 Å². The lowest BCUT2D eigenvalue weighted by atomic mass is 9.89. The Morgan fingerprint density at radius 3 is 2.62 bits per heavy atom. The maximum absolute atomic E-state index is 11.3. The van der Waals surface area contributed by atoms with E-state index in [9.17, 15) is 4.79 Å². The second kappa shape index (κ2) is 6.54. The van der Waals surface area contributed by atoms with Crippen LogP contribution >= 0.6 is 0 Å². The molecule has 2 N–H and O–H groups in total. The number of benzene rings is 1. The summed E-state index contributed by atoms with van der Waals surface area (Å²) in [5.74, 6) is 4.38. The van der Waals surface area contributed by atoms with Gasteiger partial charge in [-0.15, -0.1) is 0 Å². The molecule has 1 heterocycles. The summed E-state index contributed by atoms with van der Waals surface area (Å²) in [5, 5.41) is 5.70. The van der Waals surface area contributed by atoms with Crippen LogP contribution in [0.3, 0.4) is 0 Å². The first-order valence-corrected chi connectivity index (χ1v) is 9.05. The van der Waals surface area contributed by atoms with Crippen molar-refractivity contribution in [2.45, 2.75) is 31.6 Å². The first-order valence-electron chi connectivity index (χ1n) is 9.05. The largest absolute Gasteiger partial charge is 0.493 e. The van der Waals surface area contributed by atoms with Crippen molar-refractivity contribution in [2.24, 2.45) is 17.8 Å². The van der Waals surface area contributed by atoms with Gasteiger partial charge in [-0.2, -0.15) is 0 Å². The molecule has 0 radical (unpaired) electrons. The highest BCUT2D eigenvalue weighted by Gasteiger charge is 2.39. The van der Waals surface area contributed by atoms with Crippen LogP contribution in [0.4, 0.5) is 4.79 Å². The smallest absolute Gasteiger partial charge is 0.314 e. The van der Waals surface area contributed by atoms with Gasteiger partial charge in [0.05, 0.1) is 13.7 Å². The van der Waals surface area contributed by atoms with E-state index >= 15 is 0 Å². The molecule has 3 aliphatic rings. The fraction of sp³-hybridized carbons (Fsp3) is 0.632. The van der Waals surface area contributed by atoms with E-state index in [0.717, 1.165) is 29.9 Å². The quantitative estimate of drug-likeness (QED) is 0.873. The van der Waals surface area contributed by atoms with E-state index in [1.165, 1.54) is 31.2 Å². The van der Waals surface area contributed by atoms with Crippen LogP contribution in [-0.4, -0.2) is 32.8 Å². The lowest BCUT2D eigenvalue weighted by Crippen LogP contribution is -2.47. The molecule has 2 amide bonds. The van der Waals surface area contributed by atoms with Crippen LogP contribution in [0.5, 0.6) is 11.5 Å². The predicted octanol–water partition coefficient (Wildman–Crippen LogP) is 2.91. The van der Waals surface area contributed by atoms with Gasteiger partial charge in [-0.3, -0.25) is 0 Å². The molecular formula is C19H26N2O3. The average molecular weight is 330 g/mol. The maximum Gasteiger partial charge on any atom is 0.314 e. The summed E-state index contributed by atoms with van der Waals surface area (Å²) in [4.78, 5) is 11.3. The van der Waals surface area contributed by atoms with Gasteiger partial charge in [-0.05, 0) is 54.7 Å². The van der Waals surface area contributed by atoms with Gasteiger partial charge in [0.1, 0.15) is 0 Å². The molecular weight excluding hydrogens is 304 g/mol. The molecule has 1 saturated heterocycles. The third kappa shape index (κ3) is 3.04. The van der Waals surface area contributed by atoms with Crippen LogP contribution in [0, 0.1) is 17.8 Å². The average Bonchev–Trinajstić information content (AvgIpc) is 3.23. The van der Waals surface area contributed by atoms with Crippen molar-refractivity contribution in [3.63, 3.8) is 0 Å². The van der Waals surface area contributed by atoms with Gasteiger partial charge >= 0.3 is 6.03 Å². The fourth-order valence-corrected chi connectivity index (χ4v) is 4.64. The molecule has 1 aliphatic heterocycles. The highest BCUT2D eigenvalue weighted by atomic mass is 16.5. The number of fused-ring (bicyclic) bond motifs is 2. The van der Waals surface area contributed by atoms with Crippen molar-refractivity contribution in [3.8, 4) is 11.5 Å². The Morgan fingerprint density at radius 1 is 1.12 bits per heavy atom. The normalized spacial score (nSPS) is 29.2. The second-order valence-corrected chi connectivity index (χ2v) is 7.44. The van der Waals surface area contributed by atoms with E-state index in [0.29, 0.717) is 19.0 Å². The first kappa shape index (κ1) is 15.6. The molecule has 1 aromatic carbocycles. The van der Waals surface area contributed by atoms with Crippen LogP contribution in [0.25, 0.3) is 0 Å². The van der Waals surface area contributed by atoms with E-state index in [1.807, 2.05) is 6.07 Å².